The lowest BCUT2D eigenvalue weighted by Gasteiger charge is -2.63. The summed E-state index contributed by atoms with van der Waals surface area (Å²) in [5, 5.41) is 76.6. The summed E-state index contributed by atoms with van der Waals surface area (Å²) in [4.78, 5) is 32.7. The molecule has 4 bridgehead atoms. The molecule has 0 aromatic heterocycles. The van der Waals surface area contributed by atoms with Crippen LogP contribution in [-0.4, -0.2) is 202 Å². The fraction of sp³-hybridized carbons (Fsp3) is 0.765. The first kappa shape index (κ1) is 90.5. The van der Waals surface area contributed by atoms with E-state index in [-0.39, 0.29) is 109 Å². The highest BCUT2D eigenvalue weighted by atomic mass is 35.5. The molecule has 3 aromatic carbocycles. The van der Waals surface area contributed by atoms with E-state index < -0.39 is 122 Å². The van der Waals surface area contributed by atoms with Gasteiger partial charge in [0.15, 0.2) is 17.8 Å². The summed E-state index contributed by atoms with van der Waals surface area (Å²) in [6.45, 7) is 3.54. The van der Waals surface area contributed by atoms with Gasteiger partial charge in [-0.1, -0.05) is 78.3 Å². The van der Waals surface area contributed by atoms with E-state index >= 15 is 22.4 Å². The minimum absolute atomic E-state index is 0.0134. The number of nitrogens with one attached hydrogen (secondary N) is 4. The standard InChI is InChI=1S/C57H86Cl2F3N5O7.C28H43ClF3N3O3/c1-64-34-46(51(68)38-14-5-4-6-15-38)65-54(70)66-24-12-18-43(57(72,23-8-10-27-74-3)42-20-21-45(60)48(59)50(42)62)53(66)67(47(33-63)52(69)55-31-36-28-37(32-55)30-40(55)29-36)25-13-16-39(35-67)56(71,22-7-9-26-73-2)41-17-11-19-44(58)49(41)61;1-33-17-22(16-19-7-9-21(30)10-8-19)34-27(36)35-14-5-6-20(18-35)28(37,13-3-4-15-38-2)23-11-12-24(31)25(29)26(23)32/h11,17,19-21,36-40,43,46-47,51-53,64,68-69,71-72H,4-10,12-16,18,22-35,63H2,1-3H3;11-12,19-22,33,37H,3-10,13-18H2,1-2H3,(H,34,36)/p+1/t36?,37?,39-,40?,43?,46-,47-,51+,52-,53?,55?,56+,57-,67?;19?,20-,21?,22+,28+/m11/s1. The average Bonchev–Trinajstić information content (AvgIpc) is 1.40. The van der Waals surface area contributed by atoms with Gasteiger partial charge in [0.25, 0.3) is 0 Å². The number of rotatable bonds is 36. The van der Waals surface area contributed by atoms with Gasteiger partial charge in [0.2, 0.25) is 0 Å². The summed E-state index contributed by atoms with van der Waals surface area (Å²) in [5.74, 6) is -5.22. The molecular formula is C85H130Cl3F6N8O10+. The fourth-order valence-electron chi connectivity index (χ4n) is 22.7. The van der Waals surface area contributed by atoms with Crippen molar-refractivity contribution in [2.24, 2.45) is 58.5 Å². The van der Waals surface area contributed by atoms with Crippen molar-refractivity contribution in [3.05, 3.63) is 103 Å². The van der Waals surface area contributed by atoms with E-state index in [4.69, 9.17) is 54.7 Å². The molecular weight excluding hydrogens is 1510 g/mol. The van der Waals surface area contributed by atoms with Gasteiger partial charge in [-0.2, -0.15) is 0 Å². The number of benzene rings is 3. The Kier molecular flexibility index (Phi) is 33.3. The molecule has 3 heterocycles. The van der Waals surface area contributed by atoms with Crippen LogP contribution < -0.4 is 27.0 Å². The third kappa shape index (κ3) is 20.2. The molecule has 12 rings (SSSR count). The molecule has 9 fully saturated rings. The van der Waals surface area contributed by atoms with Crippen LogP contribution in [0.2, 0.25) is 15.1 Å². The van der Waals surface area contributed by atoms with E-state index in [1.807, 2.05) is 7.05 Å². The average molecular weight is 1640 g/mol. The van der Waals surface area contributed by atoms with Crippen molar-refractivity contribution in [2.45, 2.75) is 252 Å². The highest BCUT2D eigenvalue weighted by molar-refractivity contribution is 6.31. The molecule has 5 unspecified atom stereocenters. The number of hydrogen-bond donors (Lipinski definition) is 10. The molecule has 3 aliphatic heterocycles. The Morgan fingerprint density at radius 2 is 1.19 bits per heavy atom. The molecule has 27 heteroatoms. The van der Waals surface area contributed by atoms with Gasteiger partial charge in [-0.25, -0.2) is 35.9 Å². The van der Waals surface area contributed by atoms with E-state index in [9.17, 15) is 39.1 Å². The van der Waals surface area contributed by atoms with Gasteiger partial charge >= 0.3 is 12.1 Å². The van der Waals surface area contributed by atoms with Gasteiger partial charge in [-0.05, 0) is 235 Å². The molecule has 632 valence electrons. The fourth-order valence-corrected chi connectivity index (χ4v) is 23.2. The lowest BCUT2D eigenvalue weighted by Crippen LogP contribution is -2.80. The number of aliphatic hydroxyl groups is 5. The first-order chi connectivity index (χ1) is 53.7. The summed E-state index contributed by atoms with van der Waals surface area (Å²) in [6.07, 6.45) is 15.9. The Bertz CT molecular complexity index is 3490. The number of ether oxygens (including phenoxy) is 3. The lowest BCUT2D eigenvalue weighted by atomic mass is 9.66. The largest absolute Gasteiger partial charge is 0.391 e. The van der Waals surface area contributed by atoms with Gasteiger partial charge < -0.3 is 71.6 Å². The maximum Gasteiger partial charge on any atom is 0.322 e. The van der Waals surface area contributed by atoms with Gasteiger partial charge in [-0.15, -0.1) is 0 Å². The maximum atomic E-state index is 17.1. The van der Waals surface area contributed by atoms with Crippen LogP contribution >= 0.6 is 34.8 Å². The van der Waals surface area contributed by atoms with Gasteiger partial charge in [0.1, 0.15) is 57.0 Å². The second kappa shape index (κ2) is 41.2. The number of aliphatic hydroxyl groups excluding tert-OH is 2. The summed E-state index contributed by atoms with van der Waals surface area (Å²) >= 11 is 18.9. The number of nitrogens with zero attached hydrogens (tertiary/aromatic N) is 3. The van der Waals surface area contributed by atoms with Crippen molar-refractivity contribution >= 4 is 46.9 Å². The number of methoxy groups -OCH3 is 3. The van der Waals surface area contributed by atoms with Crippen LogP contribution in [0.5, 0.6) is 0 Å². The number of nitrogens with two attached hydrogens (primary N) is 1. The van der Waals surface area contributed by atoms with Crippen molar-refractivity contribution in [2.75, 3.05) is 108 Å². The first-order valence-corrected chi connectivity index (χ1v) is 43.2. The number of quaternary nitrogens is 1. The van der Waals surface area contributed by atoms with Gasteiger partial charge in [0.05, 0.1) is 41.8 Å². The van der Waals surface area contributed by atoms with Gasteiger partial charge in [-0.3, -0.25) is 9.38 Å². The molecule has 3 saturated heterocycles. The number of urea groups is 2. The monoisotopic (exact) mass is 1640 g/mol. The van der Waals surface area contributed by atoms with Crippen molar-refractivity contribution in [3.8, 4) is 0 Å². The number of alkyl halides is 1. The van der Waals surface area contributed by atoms with Crippen LogP contribution in [0.15, 0.2) is 42.5 Å². The van der Waals surface area contributed by atoms with E-state index in [1.165, 1.54) is 18.2 Å². The summed E-state index contributed by atoms with van der Waals surface area (Å²) < 4.78 is 108. The Balaban J connectivity index is 0.000000294. The van der Waals surface area contributed by atoms with Gasteiger partial charge in [0, 0.05) is 120 Å². The number of likely N-dealkylation sites (tertiary alicyclic amines) is 3. The maximum absolute atomic E-state index is 17.1. The zero-order valence-corrected chi connectivity index (χ0v) is 69.1. The second-order valence-corrected chi connectivity index (χ2v) is 35.9. The Labute approximate surface area is 676 Å². The van der Waals surface area contributed by atoms with Crippen molar-refractivity contribution in [1.82, 2.24) is 31.1 Å². The SMILES string of the molecule is CNC[C@@H](NC(=O)N1CCCC([C@@](O)(CCCCOC)c2ccc(F)c(Cl)c2F)C1[N+]1([C@H](CN)[C@@H](O)C23CC4CC(CC2C4)C3)CCC[C@@H]([C@@](O)(CCCCOC)c2cccc(Cl)c2F)C1)[C@@H](O)C1CCCCC1.CNC[C@H](CC1CCC(F)CC1)NC(=O)N1CCC[C@@H]([C@@](O)(CCCCOC)c2ccc(F)c(Cl)c2F)C1. The summed E-state index contributed by atoms with van der Waals surface area (Å²) in [6, 6.07) is 7.06. The van der Waals surface area contributed by atoms with Crippen LogP contribution in [0.4, 0.5) is 35.9 Å². The second-order valence-electron chi connectivity index (χ2n) is 34.7. The van der Waals surface area contributed by atoms with E-state index in [0.29, 0.717) is 141 Å². The van der Waals surface area contributed by atoms with E-state index in [2.05, 4.69) is 21.3 Å². The van der Waals surface area contributed by atoms with Crippen molar-refractivity contribution in [3.63, 3.8) is 0 Å². The third-order valence-corrected chi connectivity index (χ3v) is 29.0. The minimum atomic E-state index is -2.09. The number of unbranched alkanes of at least 4 members (excludes halogenated alkanes) is 3. The number of hydrogen-bond acceptors (Lipinski definition) is 13. The van der Waals surface area contributed by atoms with Crippen LogP contribution in [0.25, 0.3) is 0 Å². The normalized spacial score (nSPS) is 29.1. The predicted molar refractivity (Wildman–Crippen MR) is 425 cm³/mol. The smallest absolute Gasteiger partial charge is 0.322 e. The van der Waals surface area contributed by atoms with E-state index in [0.717, 1.165) is 95.6 Å². The molecule has 4 amide bonds. The molecule has 9 aliphatic rings. The molecule has 6 aliphatic carbocycles. The molecule has 0 radical (unpaired) electrons. The first-order valence-electron chi connectivity index (χ1n) is 42.1. The molecule has 18 nitrogen and oxygen atoms in total. The Morgan fingerprint density at radius 1 is 0.634 bits per heavy atom. The quantitative estimate of drug-likeness (QED) is 0.0113. The van der Waals surface area contributed by atoms with Crippen LogP contribution in [0.3, 0.4) is 0 Å². The van der Waals surface area contributed by atoms with Crippen molar-refractivity contribution < 1.29 is 80.2 Å². The van der Waals surface area contributed by atoms with Crippen LogP contribution in [-0.2, 0) is 31.0 Å². The van der Waals surface area contributed by atoms with Crippen LogP contribution in [0.1, 0.15) is 209 Å². The summed E-state index contributed by atoms with van der Waals surface area (Å²) in [7, 11) is 8.40. The zero-order chi connectivity index (χ0) is 80.7. The Morgan fingerprint density at radius 3 is 1.77 bits per heavy atom. The molecule has 15 atom stereocenters. The lowest BCUT2D eigenvalue weighted by molar-refractivity contribution is -0.997. The number of carbonyl (C=O) groups excluding carboxylic acids is 2. The Hall–Kier alpha value is -3.83. The summed E-state index contributed by atoms with van der Waals surface area (Å²) in [5.41, 5.74) is 1.07. The predicted octanol–water partition coefficient (Wildman–Crippen LogP) is 14.7. The molecule has 6 saturated carbocycles. The topological polar surface area (TPSA) is 244 Å². The number of halogens is 9. The zero-order valence-electron chi connectivity index (χ0n) is 66.8. The highest BCUT2D eigenvalue weighted by Crippen LogP contribution is 2.68. The molecule has 11 N–H and O–H groups in total. The minimum Gasteiger partial charge on any atom is -0.391 e. The third-order valence-electron chi connectivity index (χ3n) is 28.0. The molecule has 3 aromatic rings. The number of carbonyl (C=O) groups is 2. The molecule has 0 spiro atoms. The highest BCUT2D eigenvalue weighted by Gasteiger charge is 2.68. The van der Waals surface area contributed by atoms with E-state index in [1.54, 1.807) is 50.3 Å². The molecule has 112 heavy (non-hydrogen) atoms. The number of amides is 4. The van der Waals surface area contributed by atoms with Crippen LogP contribution in [0, 0.1) is 81.8 Å². The number of piperidine rings is 3. The van der Waals surface area contributed by atoms with Crippen molar-refractivity contribution in [1.29, 1.82) is 0 Å². The number of likely N-dealkylation sites (N-methyl/N-ethyl adjacent to an activating group) is 2.